The van der Waals surface area contributed by atoms with Gasteiger partial charge >= 0.3 is 5.97 Å². The van der Waals surface area contributed by atoms with Crippen LogP contribution in [0.1, 0.15) is 33.1 Å². The van der Waals surface area contributed by atoms with Crippen molar-refractivity contribution in [3.8, 4) is 0 Å². The van der Waals surface area contributed by atoms with E-state index in [-0.39, 0.29) is 11.9 Å². The number of ether oxygens (including phenoxy) is 1. The average Bonchev–Trinajstić information content (AvgIpc) is 2.15. The molecule has 0 aromatic carbocycles. The molecule has 0 spiro atoms. The monoisotopic (exact) mass is 215 g/mol. The van der Waals surface area contributed by atoms with Crippen LogP contribution in [0, 0.1) is 5.92 Å². The van der Waals surface area contributed by atoms with Crippen molar-refractivity contribution >= 4 is 5.97 Å². The van der Waals surface area contributed by atoms with Crippen molar-refractivity contribution in [2.24, 2.45) is 5.92 Å². The highest BCUT2D eigenvalue weighted by Gasteiger charge is 2.29. The lowest BCUT2D eigenvalue weighted by atomic mass is 9.89. The molecule has 1 saturated heterocycles. The molecule has 0 aliphatic carbocycles. The van der Waals surface area contributed by atoms with Crippen LogP contribution in [0.2, 0.25) is 0 Å². The summed E-state index contributed by atoms with van der Waals surface area (Å²) < 4.78 is 4.70. The minimum Gasteiger partial charge on any atom is -0.469 e. The molecule has 4 nitrogen and oxygen atoms in total. The molecule has 15 heavy (non-hydrogen) atoms. The smallest absolute Gasteiger partial charge is 0.309 e. The molecule has 2 N–H and O–H groups in total. The predicted molar refractivity (Wildman–Crippen MR) is 57.4 cm³/mol. The molecule has 0 aromatic rings. The molecule has 0 saturated carbocycles. The van der Waals surface area contributed by atoms with Gasteiger partial charge in [0.05, 0.1) is 18.6 Å². The van der Waals surface area contributed by atoms with Crippen LogP contribution in [0.5, 0.6) is 0 Å². The van der Waals surface area contributed by atoms with Crippen LogP contribution >= 0.6 is 0 Å². The molecule has 1 aliphatic heterocycles. The molecule has 0 radical (unpaired) electrons. The van der Waals surface area contributed by atoms with E-state index in [0.29, 0.717) is 12.6 Å². The van der Waals surface area contributed by atoms with E-state index < -0.39 is 5.60 Å². The van der Waals surface area contributed by atoms with Crippen molar-refractivity contribution in [1.29, 1.82) is 0 Å². The second kappa shape index (κ2) is 4.94. The second-order valence-electron chi connectivity index (χ2n) is 4.92. The number of carbonyl (C=O) groups is 1. The maximum atomic E-state index is 11.2. The molecule has 1 aliphatic rings. The highest BCUT2D eigenvalue weighted by molar-refractivity contribution is 5.72. The van der Waals surface area contributed by atoms with Gasteiger partial charge in [0, 0.05) is 12.6 Å². The Kier molecular flexibility index (Phi) is 4.11. The highest BCUT2D eigenvalue weighted by Crippen LogP contribution is 2.21. The molecule has 1 fully saturated rings. The van der Waals surface area contributed by atoms with E-state index in [1.165, 1.54) is 7.11 Å². The van der Waals surface area contributed by atoms with Gasteiger partial charge in [0.1, 0.15) is 0 Å². The molecule has 88 valence electrons. The van der Waals surface area contributed by atoms with Gasteiger partial charge in [-0.2, -0.15) is 0 Å². The van der Waals surface area contributed by atoms with Gasteiger partial charge in [0.25, 0.3) is 0 Å². The van der Waals surface area contributed by atoms with Crippen LogP contribution in [0.25, 0.3) is 0 Å². The molecule has 2 unspecified atom stereocenters. The molecule has 0 amide bonds. The zero-order valence-corrected chi connectivity index (χ0v) is 9.75. The molecule has 0 bridgehead atoms. The molecule has 1 rings (SSSR count). The number of nitrogens with one attached hydrogen (secondary N) is 1. The van der Waals surface area contributed by atoms with Crippen molar-refractivity contribution in [1.82, 2.24) is 5.32 Å². The number of rotatable bonds is 3. The quantitative estimate of drug-likeness (QED) is 0.680. The van der Waals surface area contributed by atoms with Gasteiger partial charge in [-0.05, 0) is 33.1 Å². The maximum Gasteiger partial charge on any atom is 0.309 e. The second-order valence-corrected chi connectivity index (χ2v) is 4.92. The third-order valence-corrected chi connectivity index (χ3v) is 2.80. The van der Waals surface area contributed by atoms with E-state index in [1.54, 1.807) is 13.8 Å². The van der Waals surface area contributed by atoms with Crippen LogP contribution in [-0.4, -0.2) is 36.4 Å². The first kappa shape index (κ1) is 12.5. The summed E-state index contributed by atoms with van der Waals surface area (Å²) >= 11 is 0. The van der Waals surface area contributed by atoms with Crippen molar-refractivity contribution in [3.05, 3.63) is 0 Å². The zero-order valence-electron chi connectivity index (χ0n) is 9.75. The first-order valence-electron chi connectivity index (χ1n) is 5.46. The number of carbonyl (C=O) groups excluding carboxylic acids is 1. The summed E-state index contributed by atoms with van der Waals surface area (Å²) in [6.07, 6.45) is 2.49. The third-order valence-electron chi connectivity index (χ3n) is 2.80. The van der Waals surface area contributed by atoms with Crippen LogP contribution in [0.3, 0.4) is 0 Å². The minimum absolute atomic E-state index is 0.0203. The van der Waals surface area contributed by atoms with E-state index in [1.807, 2.05) is 0 Å². The summed E-state index contributed by atoms with van der Waals surface area (Å²) in [5, 5.41) is 12.9. The van der Waals surface area contributed by atoms with Crippen LogP contribution in [0.4, 0.5) is 0 Å². The van der Waals surface area contributed by atoms with Gasteiger partial charge in [0.15, 0.2) is 0 Å². The third kappa shape index (κ3) is 4.18. The van der Waals surface area contributed by atoms with Crippen molar-refractivity contribution in [2.75, 3.05) is 13.7 Å². The first-order chi connectivity index (χ1) is 6.92. The zero-order chi connectivity index (χ0) is 11.5. The lowest BCUT2D eigenvalue weighted by Gasteiger charge is -2.32. The Balaban J connectivity index is 2.33. The molecule has 1 heterocycles. The summed E-state index contributed by atoms with van der Waals surface area (Å²) in [7, 11) is 1.42. The number of piperidine rings is 1. The van der Waals surface area contributed by atoms with Gasteiger partial charge in [-0.3, -0.25) is 4.79 Å². The molecule has 2 atom stereocenters. The number of esters is 1. The minimum atomic E-state index is -0.643. The summed E-state index contributed by atoms with van der Waals surface area (Å²) in [4.78, 5) is 11.2. The topological polar surface area (TPSA) is 58.6 Å². The van der Waals surface area contributed by atoms with Gasteiger partial charge in [-0.1, -0.05) is 0 Å². The van der Waals surface area contributed by atoms with Gasteiger partial charge in [0.2, 0.25) is 0 Å². The number of hydrogen-bond donors (Lipinski definition) is 2. The average molecular weight is 215 g/mol. The fourth-order valence-corrected chi connectivity index (χ4v) is 2.06. The lowest BCUT2D eigenvalue weighted by molar-refractivity contribution is -0.146. The number of methoxy groups -OCH3 is 1. The van der Waals surface area contributed by atoms with Crippen LogP contribution in [-0.2, 0) is 9.53 Å². The molecular formula is C11H21NO3. The van der Waals surface area contributed by atoms with E-state index >= 15 is 0 Å². The Morgan fingerprint density at radius 2 is 2.20 bits per heavy atom. The Bertz CT molecular complexity index is 214. The largest absolute Gasteiger partial charge is 0.469 e. The SMILES string of the molecule is COC(=O)C1CCC(CC(C)(C)O)NC1. The summed E-state index contributed by atoms with van der Waals surface area (Å²) in [5.41, 5.74) is -0.643. The molecular weight excluding hydrogens is 194 g/mol. The summed E-state index contributed by atoms with van der Waals surface area (Å²) in [6.45, 7) is 4.27. The number of hydrogen-bond acceptors (Lipinski definition) is 4. The van der Waals surface area contributed by atoms with Crippen molar-refractivity contribution in [3.63, 3.8) is 0 Å². The highest BCUT2D eigenvalue weighted by atomic mass is 16.5. The van der Waals surface area contributed by atoms with Crippen LogP contribution in [0.15, 0.2) is 0 Å². The Hall–Kier alpha value is -0.610. The Morgan fingerprint density at radius 1 is 1.53 bits per heavy atom. The van der Waals surface area contributed by atoms with Gasteiger partial charge in [-0.25, -0.2) is 0 Å². The van der Waals surface area contributed by atoms with Gasteiger partial charge < -0.3 is 15.2 Å². The first-order valence-corrected chi connectivity index (χ1v) is 5.46. The molecule has 0 aromatic heterocycles. The fraction of sp³-hybridized carbons (Fsp3) is 0.909. The van der Waals surface area contributed by atoms with Crippen molar-refractivity contribution < 1.29 is 14.6 Å². The maximum absolute atomic E-state index is 11.2. The van der Waals surface area contributed by atoms with Crippen LogP contribution < -0.4 is 5.32 Å². The van der Waals surface area contributed by atoms with Gasteiger partial charge in [-0.15, -0.1) is 0 Å². The number of aliphatic hydroxyl groups is 1. The lowest BCUT2D eigenvalue weighted by Crippen LogP contribution is -2.45. The normalized spacial score (nSPS) is 27.5. The summed E-state index contributed by atoms with van der Waals surface area (Å²) in [6, 6.07) is 0.311. The van der Waals surface area contributed by atoms with E-state index in [0.717, 1.165) is 19.3 Å². The van der Waals surface area contributed by atoms with E-state index in [2.05, 4.69) is 5.32 Å². The summed E-state index contributed by atoms with van der Waals surface area (Å²) in [5.74, 6) is -0.155. The van der Waals surface area contributed by atoms with Crippen molar-refractivity contribution in [2.45, 2.75) is 44.8 Å². The molecule has 4 heteroatoms. The predicted octanol–water partition coefficient (Wildman–Crippen LogP) is 0.689. The standard InChI is InChI=1S/C11H21NO3/c1-11(2,14)6-9-5-4-8(7-12-9)10(13)15-3/h8-9,12,14H,4-7H2,1-3H3. The Labute approximate surface area is 91.0 Å². The van der Waals surface area contributed by atoms with E-state index in [4.69, 9.17) is 4.74 Å². The van der Waals surface area contributed by atoms with E-state index in [9.17, 15) is 9.90 Å². The Morgan fingerprint density at radius 3 is 2.60 bits per heavy atom. The fourth-order valence-electron chi connectivity index (χ4n) is 2.06.